The van der Waals surface area contributed by atoms with E-state index in [4.69, 9.17) is 9.47 Å². The average molecular weight is 455 g/mol. The molecule has 2 aromatic rings. The lowest BCUT2D eigenvalue weighted by Crippen LogP contribution is -2.37. The Balaban J connectivity index is 1.80. The molecule has 3 heterocycles. The fourth-order valence-corrected chi connectivity index (χ4v) is 4.02. The number of fused-ring (bicyclic) bond motifs is 2. The second kappa shape index (κ2) is 8.41. The van der Waals surface area contributed by atoms with Gasteiger partial charge in [0.05, 0.1) is 37.1 Å². The molecule has 2 bridgehead atoms. The number of morpholine rings is 1. The Kier molecular flexibility index (Phi) is 5.80. The zero-order valence-electron chi connectivity index (χ0n) is 17.3. The quantitative estimate of drug-likeness (QED) is 0.484. The molecule has 2 aliphatic heterocycles. The van der Waals surface area contributed by atoms with E-state index in [9.17, 15) is 22.4 Å². The SMILES string of the molecule is CCNc1nc(Nc2c(N3C[C@@H]4C[C@H]3CO4)cc(C=O)c(F)c2OC)ncc1C(F)(F)F. The molecule has 1 aromatic carbocycles. The number of anilines is 4. The zero-order chi connectivity index (χ0) is 23.0. The number of hydrogen-bond donors (Lipinski definition) is 2. The predicted octanol–water partition coefficient (Wildman–Crippen LogP) is 3.61. The van der Waals surface area contributed by atoms with E-state index in [1.54, 1.807) is 6.92 Å². The highest BCUT2D eigenvalue weighted by molar-refractivity contribution is 5.88. The van der Waals surface area contributed by atoms with Gasteiger partial charge in [0.2, 0.25) is 5.95 Å². The first-order chi connectivity index (χ1) is 15.3. The molecule has 0 aliphatic carbocycles. The third-order valence-electron chi connectivity index (χ3n) is 5.44. The van der Waals surface area contributed by atoms with Gasteiger partial charge in [-0.05, 0) is 19.4 Å². The molecule has 172 valence electrons. The van der Waals surface area contributed by atoms with Gasteiger partial charge in [-0.1, -0.05) is 0 Å². The van der Waals surface area contributed by atoms with Crippen LogP contribution >= 0.6 is 0 Å². The van der Waals surface area contributed by atoms with Crippen LogP contribution in [0.3, 0.4) is 0 Å². The van der Waals surface area contributed by atoms with Crippen LogP contribution in [0.2, 0.25) is 0 Å². The summed E-state index contributed by atoms with van der Waals surface area (Å²) in [4.78, 5) is 21.1. The third kappa shape index (κ3) is 3.90. The first kappa shape index (κ1) is 22.1. The van der Waals surface area contributed by atoms with Gasteiger partial charge in [0.25, 0.3) is 0 Å². The first-order valence-corrected chi connectivity index (χ1v) is 9.95. The number of ether oxygens (including phenoxy) is 2. The number of methoxy groups -OCH3 is 1. The summed E-state index contributed by atoms with van der Waals surface area (Å²) in [5.41, 5.74) is -0.652. The van der Waals surface area contributed by atoms with Crippen LogP contribution in [-0.4, -0.2) is 55.2 Å². The number of carbonyl (C=O) groups excluding carboxylic acids is 1. The van der Waals surface area contributed by atoms with Gasteiger partial charge in [-0.2, -0.15) is 18.2 Å². The molecule has 2 N–H and O–H groups in total. The number of benzene rings is 1. The molecule has 4 rings (SSSR count). The molecule has 32 heavy (non-hydrogen) atoms. The first-order valence-electron chi connectivity index (χ1n) is 9.95. The summed E-state index contributed by atoms with van der Waals surface area (Å²) < 4.78 is 65.5. The van der Waals surface area contributed by atoms with Crippen LogP contribution in [0.5, 0.6) is 5.75 Å². The average Bonchev–Trinajstić information content (AvgIpc) is 3.37. The maximum absolute atomic E-state index is 14.9. The van der Waals surface area contributed by atoms with Crippen LogP contribution in [0, 0.1) is 5.82 Å². The van der Waals surface area contributed by atoms with Gasteiger partial charge < -0.3 is 25.0 Å². The summed E-state index contributed by atoms with van der Waals surface area (Å²) in [5.74, 6) is -1.75. The van der Waals surface area contributed by atoms with Gasteiger partial charge in [-0.3, -0.25) is 4.79 Å². The van der Waals surface area contributed by atoms with E-state index in [1.807, 2.05) is 4.90 Å². The smallest absolute Gasteiger partial charge is 0.421 e. The highest BCUT2D eigenvalue weighted by Gasteiger charge is 2.41. The van der Waals surface area contributed by atoms with Crippen molar-refractivity contribution in [2.24, 2.45) is 0 Å². The fourth-order valence-electron chi connectivity index (χ4n) is 4.02. The molecule has 8 nitrogen and oxygen atoms in total. The Hall–Kier alpha value is -3.15. The molecular formula is C20H21F4N5O3. The molecule has 1 aromatic heterocycles. The number of carbonyl (C=O) groups is 1. The van der Waals surface area contributed by atoms with Crippen LogP contribution in [-0.2, 0) is 10.9 Å². The van der Waals surface area contributed by atoms with E-state index in [-0.39, 0.29) is 41.6 Å². The highest BCUT2D eigenvalue weighted by atomic mass is 19.4. The molecule has 0 radical (unpaired) electrons. The number of halogens is 4. The van der Waals surface area contributed by atoms with E-state index < -0.39 is 23.4 Å². The van der Waals surface area contributed by atoms with Gasteiger partial charge in [0.15, 0.2) is 17.9 Å². The van der Waals surface area contributed by atoms with Crippen LogP contribution in [0.4, 0.5) is 40.7 Å². The standard InChI is InChI=1S/C20H21F4N5O3/c1-3-25-18-13(20(22,23)24)6-26-19(28-18)27-16-14(29-7-12-5-11(29)9-32-12)4-10(8-30)15(21)17(16)31-2/h4,6,8,11-12H,3,5,7,9H2,1-2H3,(H2,25,26,27,28)/t11-,12-/m0/s1. The Labute approximate surface area is 180 Å². The van der Waals surface area contributed by atoms with Crippen LogP contribution in [0.1, 0.15) is 29.3 Å². The zero-order valence-corrected chi connectivity index (χ0v) is 17.3. The maximum Gasteiger partial charge on any atom is 0.421 e. The Morgan fingerprint density at radius 2 is 2.19 bits per heavy atom. The van der Waals surface area contributed by atoms with Crippen molar-refractivity contribution in [3.8, 4) is 5.75 Å². The Bertz CT molecular complexity index is 1030. The number of nitrogens with zero attached hydrogens (tertiary/aromatic N) is 3. The van der Waals surface area contributed by atoms with Crippen LogP contribution in [0.25, 0.3) is 0 Å². The van der Waals surface area contributed by atoms with Gasteiger partial charge in [0, 0.05) is 19.3 Å². The Morgan fingerprint density at radius 3 is 2.75 bits per heavy atom. The monoisotopic (exact) mass is 455 g/mol. The summed E-state index contributed by atoms with van der Waals surface area (Å²) in [6, 6.07) is 1.39. The van der Waals surface area contributed by atoms with Crippen molar-refractivity contribution in [1.82, 2.24) is 9.97 Å². The molecule has 0 saturated carbocycles. The van der Waals surface area contributed by atoms with Crippen LogP contribution < -0.4 is 20.3 Å². The minimum atomic E-state index is -4.65. The van der Waals surface area contributed by atoms with Crippen molar-refractivity contribution < 1.29 is 31.8 Å². The summed E-state index contributed by atoms with van der Waals surface area (Å²) in [6.07, 6.45) is -2.83. The van der Waals surface area contributed by atoms with Gasteiger partial charge >= 0.3 is 6.18 Å². The minimum Gasteiger partial charge on any atom is -0.491 e. The van der Waals surface area contributed by atoms with Crippen molar-refractivity contribution in [3.05, 3.63) is 29.2 Å². The summed E-state index contributed by atoms with van der Waals surface area (Å²) in [7, 11) is 1.23. The minimum absolute atomic E-state index is 0.00579. The van der Waals surface area contributed by atoms with Crippen molar-refractivity contribution >= 4 is 29.4 Å². The van der Waals surface area contributed by atoms with Crippen molar-refractivity contribution in [2.45, 2.75) is 31.7 Å². The molecular weight excluding hydrogens is 434 g/mol. The van der Waals surface area contributed by atoms with E-state index in [0.29, 0.717) is 31.3 Å². The molecule has 0 amide bonds. The lowest BCUT2D eigenvalue weighted by molar-refractivity contribution is -0.137. The van der Waals surface area contributed by atoms with Crippen molar-refractivity contribution in [2.75, 3.05) is 42.3 Å². The topological polar surface area (TPSA) is 88.6 Å². The molecule has 2 fully saturated rings. The van der Waals surface area contributed by atoms with E-state index in [0.717, 1.165) is 6.42 Å². The molecule has 2 saturated heterocycles. The number of alkyl halides is 3. The number of nitrogens with one attached hydrogen (secondary N) is 2. The second-order valence-corrected chi connectivity index (χ2v) is 7.43. The second-order valence-electron chi connectivity index (χ2n) is 7.43. The van der Waals surface area contributed by atoms with Gasteiger partial charge in [-0.15, -0.1) is 0 Å². The predicted molar refractivity (Wildman–Crippen MR) is 108 cm³/mol. The van der Waals surface area contributed by atoms with E-state index >= 15 is 0 Å². The largest absolute Gasteiger partial charge is 0.491 e. The lowest BCUT2D eigenvalue weighted by atomic mass is 10.1. The van der Waals surface area contributed by atoms with Crippen molar-refractivity contribution in [3.63, 3.8) is 0 Å². The molecule has 2 aliphatic rings. The fraction of sp³-hybridized carbons (Fsp3) is 0.450. The number of rotatable bonds is 7. The molecule has 12 heteroatoms. The molecule has 0 unspecified atom stereocenters. The van der Waals surface area contributed by atoms with Crippen molar-refractivity contribution in [1.29, 1.82) is 0 Å². The highest BCUT2D eigenvalue weighted by Crippen LogP contribution is 2.44. The summed E-state index contributed by atoms with van der Waals surface area (Å²) >= 11 is 0. The van der Waals surface area contributed by atoms with E-state index in [2.05, 4.69) is 20.6 Å². The van der Waals surface area contributed by atoms with Gasteiger partial charge in [0.1, 0.15) is 17.1 Å². The molecule has 2 atom stereocenters. The third-order valence-corrected chi connectivity index (χ3v) is 5.44. The molecule has 0 spiro atoms. The number of aldehydes is 1. The van der Waals surface area contributed by atoms with Gasteiger partial charge in [-0.25, -0.2) is 9.37 Å². The number of aromatic nitrogens is 2. The normalized spacial score (nSPS) is 19.9. The summed E-state index contributed by atoms with van der Waals surface area (Å²) in [5, 5.41) is 5.37. The summed E-state index contributed by atoms with van der Waals surface area (Å²) in [6.45, 7) is 2.83. The maximum atomic E-state index is 14.9. The Morgan fingerprint density at radius 1 is 1.41 bits per heavy atom. The number of hydrogen-bond acceptors (Lipinski definition) is 8. The lowest BCUT2D eigenvalue weighted by Gasteiger charge is -2.31. The van der Waals surface area contributed by atoms with Crippen LogP contribution in [0.15, 0.2) is 12.3 Å². The van der Waals surface area contributed by atoms with E-state index in [1.165, 1.54) is 13.2 Å².